The fraction of sp³-hybridized carbons (Fsp3) is 0.105. The summed E-state index contributed by atoms with van der Waals surface area (Å²) < 4.78 is 2.16. The van der Waals surface area contributed by atoms with Crippen molar-refractivity contribution in [2.24, 2.45) is 0 Å². The fourth-order valence-electron chi connectivity index (χ4n) is 5.96. The number of fused-ring (bicyclic) bond motifs is 1. The molecule has 5 nitrogen and oxygen atoms in total. The molecule has 0 unspecified atom stereocenters. The number of aromatic carboxylic acids is 1. The summed E-state index contributed by atoms with van der Waals surface area (Å²) in [6, 6.07) is 42.0. The zero-order valence-electron chi connectivity index (χ0n) is 23.5. The summed E-state index contributed by atoms with van der Waals surface area (Å²) in [5.74, 6) is -1.10. The minimum atomic E-state index is -0.962. The highest BCUT2D eigenvalue weighted by Gasteiger charge is 2.46. The number of carboxylic acid groups (broad SMARTS) is 1. The van der Waals surface area contributed by atoms with Gasteiger partial charge in [0.25, 0.3) is 5.91 Å². The summed E-state index contributed by atoms with van der Waals surface area (Å²) >= 11 is 0. The number of nitrogens with zero attached hydrogens (tertiary/aromatic N) is 1. The smallest absolute Gasteiger partial charge is 0.335 e. The van der Waals surface area contributed by atoms with Crippen molar-refractivity contribution in [2.45, 2.75) is 24.9 Å². The Labute approximate surface area is 250 Å². The third-order valence-electron chi connectivity index (χ3n) is 8.39. The molecule has 1 aliphatic carbocycles. The number of carbonyl (C=O) groups is 2. The molecule has 0 atom stereocenters. The second-order valence-electron chi connectivity index (χ2n) is 11.3. The third kappa shape index (κ3) is 5.22. The van der Waals surface area contributed by atoms with Crippen LogP contribution in [0.5, 0.6) is 0 Å². The molecule has 7 rings (SSSR count). The van der Waals surface area contributed by atoms with Gasteiger partial charge in [-0.05, 0) is 82.6 Å². The van der Waals surface area contributed by atoms with Gasteiger partial charge in [0, 0.05) is 18.1 Å². The average molecular weight is 563 g/mol. The van der Waals surface area contributed by atoms with Crippen LogP contribution in [0.4, 0.5) is 0 Å². The first-order chi connectivity index (χ1) is 21.0. The predicted octanol–water partition coefficient (Wildman–Crippen LogP) is 8.14. The summed E-state index contributed by atoms with van der Waals surface area (Å²) in [5, 5.41) is 13.7. The first-order valence-electron chi connectivity index (χ1n) is 14.5. The van der Waals surface area contributed by atoms with Crippen LogP contribution in [0.1, 0.15) is 44.7 Å². The van der Waals surface area contributed by atoms with E-state index in [2.05, 4.69) is 76.7 Å². The van der Waals surface area contributed by atoms with Gasteiger partial charge in [0.2, 0.25) is 0 Å². The van der Waals surface area contributed by atoms with Crippen LogP contribution in [0.25, 0.3) is 33.2 Å². The number of nitrogens with one attached hydrogen (secondary N) is 1. The van der Waals surface area contributed by atoms with Crippen LogP contribution < -0.4 is 5.32 Å². The molecule has 1 heterocycles. The number of hydrogen-bond donors (Lipinski definition) is 2. The number of hydrogen-bond acceptors (Lipinski definition) is 2. The summed E-state index contributed by atoms with van der Waals surface area (Å²) in [6.07, 6.45) is 3.67. The molecule has 0 bridgehead atoms. The first-order valence-corrected chi connectivity index (χ1v) is 14.5. The quantitative estimate of drug-likeness (QED) is 0.197. The average Bonchev–Trinajstić information content (AvgIpc) is 3.73. The predicted molar refractivity (Wildman–Crippen MR) is 170 cm³/mol. The number of amides is 1. The third-order valence-corrected chi connectivity index (χ3v) is 8.39. The monoisotopic (exact) mass is 562 g/mol. The highest BCUT2D eigenvalue weighted by Crippen LogP contribution is 2.46. The van der Waals surface area contributed by atoms with Gasteiger partial charge in [-0.25, -0.2) is 4.79 Å². The van der Waals surface area contributed by atoms with E-state index < -0.39 is 11.5 Å². The van der Waals surface area contributed by atoms with E-state index in [1.807, 2.05) is 54.6 Å². The minimum Gasteiger partial charge on any atom is -0.478 e. The highest BCUT2D eigenvalue weighted by atomic mass is 16.4. The van der Waals surface area contributed by atoms with Gasteiger partial charge >= 0.3 is 5.97 Å². The lowest BCUT2D eigenvalue weighted by atomic mass is 9.98. The van der Waals surface area contributed by atoms with Crippen molar-refractivity contribution in [3.05, 3.63) is 156 Å². The number of carboxylic acids is 1. The topological polar surface area (TPSA) is 71.3 Å². The van der Waals surface area contributed by atoms with Crippen LogP contribution in [-0.2, 0) is 12.1 Å². The molecule has 1 amide bonds. The lowest BCUT2D eigenvalue weighted by Crippen LogP contribution is -2.35. The molecule has 43 heavy (non-hydrogen) atoms. The first kappa shape index (κ1) is 26.5. The fourth-order valence-corrected chi connectivity index (χ4v) is 5.96. The molecule has 210 valence electrons. The van der Waals surface area contributed by atoms with E-state index in [0.717, 1.165) is 51.6 Å². The molecule has 5 heteroatoms. The summed E-state index contributed by atoms with van der Waals surface area (Å²) in [7, 11) is 0. The van der Waals surface area contributed by atoms with E-state index in [1.54, 1.807) is 12.1 Å². The van der Waals surface area contributed by atoms with Crippen LogP contribution in [-0.4, -0.2) is 21.6 Å². The Bertz CT molecular complexity index is 1950. The molecule has 0 radical (unpaired) electrons. The van der Waals surface area contributed by atoms with Gasteiger partial charge in [0.1, 0.15) is 0 Å². The van der Waals surface area contributed by atoms with Gasteiger partial charge in [0.05, 0.1) is 22.2 Å². The number of aromatic nitrogens is 1. The Hall–Kier alpha value is -5.42. The van der Waals surface area contributed by atoms with Crippen molar-refractivity contribution in [3.63, 3.8) is 0 Å². The molecule has 2 N–H and O–H groups in total. The van der Waals surface area contributed by atoms with Gasteiger partial charge in [0.15, 0.2) is 0 Å². The summed E-state index contributed by atoms with van der Waals surface area (Å²) in [4.78, 5) is 25.5. The molecule has 0 spiro atoms. The lowest BCUT2D eigenvalue weighted by molar-refractivity contribution is 0.0696. The summed E-state index contributed by atoms with van der Waals surface area (Å²) in [5.41, 5.74) is 7.67. The molecule has 5 aromatic carbocycles. The van der Waals surface area contributed by atoms with Crippen molar-refractivity contribution in [2.75, 3.05) is 0 Å². The molecule has 1 aromatic heterocycles. The Kier molecular flexibility index (Phi) is 6.63. The SMILES string of the molecule is O=C(O)c1ccc(C2(NC(=O)c3cc(-c4ccccc4)cc4ccn(Cc5cccc(-c6ccccc6)c5)c34)CC2)cc1. The Balaban J connectivity index is 1.27. The maximum absolute atomic E-state index is 14.2. The molecule has 1 aliphatic rings. The van der Waals surface area contributed by atoms with E-state index in [-0.39, 0.29) is 11.5 Å². The van der Waals surface area contributed by atoms with Gasteiger partial charge in [-0.2, -0.15) is 0 Å². The maximum atomic E-state index is 14.2. The Morgan fingerprint density at radius 2 is 1.35 bits per heavy atom. The van der Waals surface area contributed by atoms with E-state index in [0.29, 0.717) is 12.1 Å². The van der Waals surface area contributed by atoms with E-state index >= 15 is 0 Å². The standard InChI is InChI=1S/C38H30N2O3/c41-36(39-38(19-20-38)33-16-14-29(15-17-33)37(42)43)34-24-32(28-11-5-2-6-12-28)23-31-18-21-40(35(31)34)25-26-8-7-13-30(22-26)27-9-3-1-4-10-27/h1-18,21-24H,19-20,25H2,(H,39,41)(H,42,43). The molecule has 6 aromatic rings. The van der Waals surface area contributed by atoms with Crippen molar-refractivity contribution in [3.8, 4) is 22.3 Å². The Morgan fingerprint density at radius 3 is 2.00 bits per heavy atom. The molecule has 1 saturated carbocycles. The van der Waals surface area contributed by atoms with Crippen LogP contribution in [0.2, 0.25) is 0 Å². The van der Waals surface area contributed by atoms with Crippen LogP contribution in [0.15, 0.2) is 134 Å². The van der Waals surface area contributed by atoms with Crippen molar-refractivity contribution < 1.29 is 14.7 Å². The molecule has 0 saturated heterocycles. The number of benzene rings is 5. The van der Waals surface area contributed by atoms with E-state index in [4.69, 9.17) is 0 Å². The van der Waals surface area contributed by atoms with Gasteiger partial charge < -0.3 is 15.0 Å². The van der Waals surface area contributed by atoms with Crippen molar-refractivity contribution >= 4 is 22.8 Å². The molecule has 0 aliphatic heterocycles. The number of carbonyl (C=O) groups excluding carboxylic acids is 1. The lowest BCUT2D eigenvalue weighted by Gasteiger charge is -2.20. The summed E-state index contributed by atoms with van der Waals surface area (Å²) in [6.45, 7) is 0.622. The zero-order chi connectivity index (χ0) is 29.4. The van der Waals surface area contributed by atoms with E-state index in [9.17, 15) is 14.7 Å². The van der Waals surface area contributed by atoms with Crippen LogP contribution in [0, 0.1) is 0 Å². The van der Waals surface area contributed by atoms with Crippen LogP contribution >= 0.6 is 0 Å². The van der Waals surface area contributed by atoms with Crippen molar-refractivity contribution in [1.82, 2.24) is 9.88 Å². The van der Waals surface area contributed by atoms with E-state index in [1.165, 1.54) is 5.56 Å². The van der Waals surface area contributed by atoms with Gasteiger partial charge in [-0.3, -0.25) is 4.79 Å². The van der Waals surface area contributed by atoms with Crippen LogP contribution in [0.3, 0.4) is 0 Å². The Morgan fingerprint density at radius 1 is 0.698 bits per heavy atom. The molecular formula is C38H30N2O3. The van der Waals surface area contributed by atoms with Gasteiger partial charge in [-0.1, -0.05) is 91.0 Å². The molecular weight excluding hydrogens is 532 g/mol. The second-order valence-corrected chi connectivity index (χ2v) is 11.3. The van der Waals surface area contributed by atoms with Gasteiger partial charge in [-0.15, -0.1) is 0 Å². The molecule has 1 fully saturated rings. The second kappa shape index (κ2) is 10.8. The zero-order valence-corrected chi connectivity index (χ0v) is 23.5. The maximum Gasteiger partial charge on any atom is 0.335 e. The van der Waals surface area contributed by atoms with Crippen molar-refractivity contribution in [1.29, 1.82) is 0 Å². The number of rotatable bonds is 8. The largest absolute Gasteiger partial charge is 0.478 e. The minimum absolute atomic E-state index is 0.138. The highest BCUT2D eigenvalue weighted by molar-refractivity contribution is 6.08. The normalized spacial score (nSPS) is 13.5.